The van der Waals surface area contributed by atoms with E-state index >= 15 is 0 Å². The fraction of sp³-hybridized carbons (Fsp3) is 0.190. The second kappa shape index (κ2) is 9.58. The van der Waals surface area contributed by atoms with Crippen LogP contribution in [0.25, 0.3) is 6.08 Å². The standard InChI is InChI=1S/C21H19NO5S2/c1-3-26-19(23)13-27-15-10-8-14(9-11-15)12-18-20(24)22(21(28)29-18)16-6-4-5-7-17(16)25-2/h4-12H,3,13H2,1-2H3/b18-12-. The van der Waals surface area contributed by atoms with Crippen LogP contribution in [0.4, 0.5) is 5.69 Å². The molecule has 1 aliphatic rings. The molecule has 0 unspecified atom stereocenters. The van der Waals surface area contributed by atoms with Crippen molar-refractivity contribution in [2.45, 2.75) is 6.92 Å². The van der Waals surface area contributed by atoms with Crippen molar-refractivity contribution in [3.63, 3.8) is 0 Å². The number of amides is 1. The molecule has 1 amide bonds. The Hall–Kier alpha value is -2.84. The van der Waals surface area contributed by atoms with Gasteiger partial charge in [-0.25, -0.2) is 4.79 Å². The third kappa shape index (κ3) is 4.96. The fourth-order valence-electron chi connectivity index (χ4n) is 2.65. The summed E-state index contributed by atoms with van der Waals surface area (Å²) < 4.78 is 16.0. The van der Waals surface area contributed by atoms with E-state index < -0.39 is 5.97 Å². The number of anilines is 1. The summed E-state index contributed by atoms with van der Waals surface area (Å²) in [7, 11) is 1.55. The molecule has 0 spiro atoms. The van der Waals surface area contributed by atoms with Crippen LogP contribution in [0.3, 0.4) is 0 Å². The molecule has 0 bridgehead atoms. The van der Waals surface area contributed by atoms with E-state index in [0.29, 0.717) is 33.0 Å². The number of para-hydroxylation sites is 2. The molecule has 0 N–H and O–H groups in total. The second-order valence-corrected chi connectivity index (χ2v) is 7.53. The minimum atomic E-state index is -0.420. The first kappa shape index (κ1) is 20.9. The number of esters is 1. The molecule has 0 aromatic heterocycles. The van der Waals surface area contributed by atoms with Gasteiger partial charge in [-0.05, 0) is 42.8 Å². The Bertz CT molecular complexity index is 956. The van der Waals surface area contributed by atoms with Gasteiger partial charge in [-0.2, -0.15) is 0 Å². The Kier molecular flexibility index (Phi) is 6.90. The van der Waals surface area contributed by atoms with E-state index in [-0.39, 0.29) is 12.5 Å². The third-order valence-corrected chi connectivity index (χ3v) is 5.26. The topological polar surface area (TPSA) is 65.1 Å². The van der Waals surface area contributed by atoms with Crippen LogP contribution in [0.1, 0.15) is 12.5 Å². The van der Waals surface area contributed by atoms with E-state index in [0.717, 1.165) is 5.56 Å². The van der Waals surface area contributed by atoms with Crippen molar-refractivity contribution < 1.29 is 23.8 Å². The molecule has 1 aliphatic heterocycles. The summed E-state index contributed by atoms with van der Waals surface area (Å²) >= 11 is 6.64. The summed E-state index contributed by atoms with van der Waals surface area (Å²) in [5.74, 6) is 0.494. The molecule has 6 nitrogen and oxygen atoms in total. The Morgan fingerprint density at radius 3 is 2.59 bits per heavy atom. The predicted octanol–water partition coefficient (Wildman–Crippen LogP) is 4.04. The highest BCUT2D eigenvalue weighted by Gasteiger charge is 2.34. The minimum Gasteiger partial charge on any atom is -0.495 e. The molecule has 1 heterocycles. The van der Waals surface area contributed by atoms with Gasteiger partial charge in [0, 0.05) is 0 Å². The van der Waals surface area contributed by atoms with Crippen LogP contribution in [0, 0.1) is 0 Å². The number of hydrogen-bond acceptors (Lipinski definition) is 7. The van der Waals surface area contributed by atoms with Gasteiger partial charge in [0.2, 0.25) is 0 Å². The molecule has 3 rings (SSSR count). The molecule has 150 valence electrons. The monoisotopic (exact) mass is 429 g/mol. The van der Waals surface area contributed by atoms with Crippen molar-refractivity contribution in [2.24, 2.45) is 0 Å². The van der Waals surface area contributed by atoms with Crippen LogP contribution < -0.4 is 14.4 Å². The number of methoxy groups -OCH3 is 1. The number of thiocarbonyl (C=S) groups is 1. The highest BCUT2D eigenvalue weighted by Crippen LogP contribution is 2.39. The molecule has 8 heteroatoms. The van der Waals surface area contributed by atoms with Gasteiger partial charge in [0.15, 0.2) is 10.9 Å². The Morgan fingerprint density at radius 1 is 1.17 bits per heavy atom. The van der Waals surface area contributed by atoms with E-state index in [9.17, 15) is 9.59 Å². The van der Waals surface area contributed by atoms with Gasteiger partial charge in [-0.3, -0.25) is 9.69 Å². The van der Waals surface area contributed by atoms with Crippen LogP contribution in [0.15, 0.2) is 53.4 Å². The van der Waals surface area contributed by atoms with E-state index in [2.05, 4.69) is 0 Å². The summed E-state index contributed by atoms with van der Waals surface area (Å²) in [4.78, 5) is 26.3. The van der Waals surface area contributed by atoms with Crippen LogP contribution >= 0.6 is 24.0 Å². The van der Waals surface area contributed by atoms with Gasteiger partial charge in [0.25, 0.3) is 5.91 Å². The Morgan fingerprint density at radius 2 is 1.90 bits per heavy atom. The van der Waals surface area contributed by atoms with Gasteiger partial charge in [-0.1, -0.05) is 48.2 Å². The molecule has 2 aromatic rings. The summed E-state index contributed by atoms with van der Waals surface area (Å²) in [6.45, 7) is 1.90. The number of rotatable bonds is 7. The van der Waals surface area contributed by atoms with Crippen molar-refractivity contribution in [3.05, 3.63) is 59.0 Å². The van der Waals surface area contributed by atoms with Gasteiger partial charge in [-0.15, -0.1) is 0 Å². The summed E-state index contributed by atoms with van der Waals surface area (Å²) in [5, 5.41) is 0. The van der Waals surface area contributed by atoms with E-state index in [1.807, 2.05) is 12.1 Å². The average molecular weight is 430 g/mol. The normalized spacial score (nSPS) is 15.0. The number of thioether (sulfide) groups is 1. The lowest BCUT2D eigenvalue weighted by Crippen LogP contribution is -2.27. The maximum Gasteiger partial charge on any atom is 0.344 e. The van der Waals surface area contributed by atoms with Crippen molar-refractivity contribution in [3.8, 4) is 11.5 Å². The van der Waals surface area contributed by atoms with Crippen LogP contribution in [-0.4, -0.2) is 36.5 Å². The largest absolute Gasteiger partial charge is 0.495 e. The molecular weight excluding hydrogens is 410 g/mol. The lowest BCUT2D eigenvalue weighted by molar-refractivity contribution is -0.145. The first-order chi connectivity index (χ1) is 14.0. The zero-order valence-electron chi connectivity index (χ0n) is 15.9. The van der Waals surface area contributed by atoms with E-state index in [1.165, 1.54) is 16.7 Å². The first-order valence-corrected chi connectivity index (χ1v) is 10.1. The zero-order valence-corrected chi connectivity index (χ0v) is 17.5. The molecule has 0 aliphatic carbocycles. The van der Waals surface area contributed by atoms with Crippen molar-refractivity contribution in [1.29, 1.82) is 0 Å². The smallest absolute Gasteiger partial charge is 0.344 e. The van der Waals surface area contributed by atoms with Crippen LogP contribution in [0.2, 0.25) is 0 Å². The maximum absolute atomic E-state index is 12.9. The Labute approximate surface area is 178 Å². The number of carbonyl (C=O) groups excluding carboxylic acids is 2. The molecule has 1 fully saturated rings. The minimum absolute atomic E-state index is 0.148. The van der Waals surface area contributed by atoms with Crippen LogP contribution in [0.5, 0.6) is 11.5 Å². The summed E-state index contributed by atoms with van der Waals surface area (Å²) in [6, 6.07) is 14.3. The number of hydrogen-bond donors (Lipinski definition) is 0. The molecular formula is C21H19NO5S2. The van der Waals surface area contributed by atoms with Crippen molar-refractivity contribution in [1.82, 2.24) is 0 Å². The summed E-state index contributed by atoms with van der Waals surface area (Å²) in [5.41, 5.74) is 1.43. The molecule has 0 radical (unpaired) electrons. The van der Waals surface area contributed by atoms with Crippen molar-refractivity contribution in [2.75, 3.05) is 25.2 Å². The van der Waals surface area contributed by atoms with E-state index in [4.69, 9.17) is 26.4 Å². The van der Waals surface area contributed by atoms with E-state index in [1.54, 1.807) is 56.5 Å². The quantitative estimate of drug-likeness (QED) is 0.374. The fourth-order valence-corrected chi connectivity index (χ4v) is 3.93. The molecule has 1 saturated heterocycles. The number of benzene rings is 2. The molecule has 0 saturated carbocycles. The SMILES string of the molecule is CCOC(=O)COc1ccc(/C=C2\SC(=S)N(c3ccccc3OC)C2=O)cc1. The van der Waals surface area contributed by atoms with Crippen LogP contribution in [-0.2, 0) is 14.3 Å². The highest BCUT2D eigenvalue weighted by molar-refractivity contribution is 8.27. The molecule has 2 aromatic carbocycles. The van der Waals surface area contributed by atoms with Crippen molar-refractivity contribution >= 4 is 51.9 Å². The molecule has 0 atom stereocenters. The maximum atomic E-state index is 12.9. The summed E-state index contributed by atoms with van der Waals surface area (Å²) in [6.07, 6.45) is 1.77. The molecule has 29 heavy (non-hydrogen) atoms. The lowest BCUT2D eigenvalue weighted by Gasteiger charge is -2.17. The van der Waals surface area contributed by atoms with Gasteiger partial charge in [0.05, 0.1) is 24.3 Å². The van der Waals surface area contributed by atoms with Gasteiger partial charge >= 0.3 is 5.97 Å². The van der Waals surface area contributed by atoms with Gasteiger partial charge < -0.3 is 14.2 Å². The number of ether oxygens (including phenoxy) is 3. The zero-order chi connectivity index (χ0) is 20.8. The third-order valence-electron chi connectivity index (χ3n) is 3.96. The number of nitrogens with zero attached hydrogens (tertiary/aromatic N) is 1. The highest BCUT2D eigenvalue weighted by atomic mass is 32.2. The van der Waals surface area contributed by atoms with Gasteiger partial charge in [0.1, 0.15) is 11.5 Å². The second-order valence-electron chi connectivity index (χ2n) is 5.85. The average Bonchev–Trinajstić information content (AvgIpc) is 3.00. The first-order valence-electron chi connectivity index (χ1n) is 8.83. The predicted molar refractivity (Wildman–Crippen MR) is 117 cm³/mol. The lowest BCUT2D eigenvalue weighted by atomic mass is 10.2. The Balaban J connectivity index is 1.73. The number of carbonyl (C=O) groups is 2.